The van der Waals surface area contributed by atoms with E-state index in [1.165, 1.54) is 23.9 Å². The first-order valence-electron chi connectivity index (χ1n) is 10.4. The van der Waals surface area contributed by atoms with E-state index in [9.17, 15) is 4.39 Å². The lowest BCUT2D eigenvalue weighted by molar-refractivity contribution is 0.223. The molecule has 0 amide bonds. The summed E-state index contributed by atoms with van der Waals surface area (Å²) in [6.07, 6.45) is 1.56. The number of anilines is 1. The van der Waals surface area contributed by atoms with Gasteiger partial charge in [-0.1, -0.05) is 65.8 Å². The Bertz CT molecular complexity index is 1390. The summed E-state index contributed by atoms with van der Waals surface area (Å²) in [6.45, 7) is 0. The van der Waals surface area contributed by atoms with Gasteiger partial charge in [-0.3, -0.25) is 0 Å². The molecule has 1 aromatic heterocycles. The minimum absolute atomic E-state index is 0.290. The number of rotatable bonds is 3. The Morgan fingerprint density at radius 2 is 1.82 bits per heavy atom. The summed E-state index contributed by atoms with van der Waals surface area (Å²) in [6, 6.07) is 21.8. The van der Waals surface area contributed by atoms with Crippen LogP contribution in [0.25, 0.3) is 5.70 Å². The third-order valence-corrected chi connectivity index (χ3v) is 6.66. The maximum absolute atomic E-state index is 13.8. The van der Waals surface area contributed by atoms with E-state index in [2.05, 4.69) is 10.3 Å². The fourth-order valence-corrected chi connectivity index (χ4v) is 4.96. The van der Waals surface area contributed by atoms with Crippen LogP contribution < -0.4 is 10.1 Å². The first kappa shape index (κ1) is 20.3. The molecule has 3 heterocycles. The Hall–Kier alpha value is -3.29. The number of aromatic nitrogens is 3. The van der Waals surface area contributed by atoms with Crippen LogP contribution in [-0.4, -0.2) is 21.0 Å². The van der Waals surface area contributed by atoms with Crippen molar-refractivity contribution < 1.29 is 9.13 Å². The number of hydrogen-bond acceptors (Lipinski definition) is 5. The number of benzene rings is 3. The number of nitrogens with one attached hydrogen (secondary N) is 1. The van der Waals surface area contributed by atoms with Crippen molar-refractivity contribution in [1.29, 1.82) is 0 Å². The summed E-state index contributed by atoms with van der Waals surface area (Å²) in [5.41, 5.74) is 4.60. The second-order valence-corrected chi connectivity index (χ2v) is 9.03. The van der Waals surface area contributed by atoms with Crippen molar-refractivity contribution in [3.63, 3.8) is 0 Å². The number of hydrogen-bond donors (Lipinski definition) is 1. The molecule has 164 valence electrons. The van der Waals surface area contributed by atoms with Crippen LogP contribution in [0.5, 0.6) is 5.75 Å². The molecule has 0 radical (unpaired) electrons. The van der Waals surface area contributed by atoms with Gasteiger partial charge in [0.15, 0.2) is 0 Å². The maximum Gasteiger partial charge on any atom is 0.227 e. The molecule has 1 N–H and O–H groups in total. The van der Waals surface area contributed by atoms with Crippen molar-refractivity contribution in [2.24, 2.45) is 0 Å². The Labute approximate surface area is 199 Å². The molecular formula is C25H18ClFN4OS. The topological polar surface area (TPSA) is 52.0 Å². The molecule has 0 saturated carbocycles. The normalized spacial score (nSPS) is 18.6. The van der Waals surface area contributed by atoms with Gasteiger partial charge < -0.3 is 10.1 Å². The van der Waals surface area contributed by atoms with Gasteiger partial charge in [-0.05, 0) is 47.7 Å². The molecule has 0 aliphatic carbocycles. The van der Waals surface area contributed by atoms with E-state index in [0.29, 0.717) is 16.1 Å². The molecule has 3 aromatic carbocycles. The van der Waals surface area contributed by atoms with Crippen molar-refractivity contribution in [1.82, 2.24) is 14.8 Å². The lowest BCUT2D eigenvalue weighted by Crippen LogP contribution is -2.32. The number of thioether (sulfide) groups is 1. The second-order valence-electron chi connectivity index (χ2n) is 7.83. The molecule has 0 bridgehead atoms. The molecule has 2 aliphatic heterocycles. The van der Waals surface area contributed by atoms with E-state index in [-0.39, 0.29) is 18.0 Å². The van der Waals surface area contributed by atoms with Crippen LogP contribution in [0.3, 0.4) is 0 Å². The quantitative estimate of drug-likeness (QED) is 0.349. The van der Waals surface area contributed by atoms with Gasteiger partial charge in [0.05, 0.1) is 5.70 Å². The van der Waals surface area contributed by atoms with Crippen molar-refractivity contribution in [2.75, 3.05) is 11.6 Å². The first-order valence-corrected chi connectivity index (χ1v) is 12.0. The fraction of sp³-hybridized carbons (Fsp3) is 0.120. The standard InChI is InChI=1S/C25H18ClFN4OS/c1-33-25-29-24-28-21-18-13-16(26)9-12-19(18)32-23(15-5-3-2-4-6-15)20(21)22(31(24)30-25)14-7-10-17(27)11-8-14/h2-13,22-23H,1H3,(H,28,29,30)/t22-,23-/m0/s1. The Kier molecular flexibility index (Phi) is 4.89. The van der Waals surface area contributed by atoms with Gasteiger partial charge in [-0.15, -0.1) is 5.10 Å². The van der Waals surface area contributed by atoms with Gasteiger partial charge in [0.25, 0.3) is 0 Å². The molecule has 0 saturated heterocycles. The summed E-state index contributed by atoms with van der Waals surface area (Å²) >= 11 is 7.84. The summed E-state index contributed by atoms with van der Waals surface area (Å²) in [5.74, 6) is 1.06. The lowest BCUT2D eigenvalue weighted by atomic mass is 9.84. The zero-order valence-electron chi connectivity index (χ0n) is 17.5. The predicted molar refractivity (Wildman–Crippen MR) is 128 cm³/mol. The predicted octanol–water partition coefficient (Wildman–Crippen LogP) is 6.35. The van der Waals surface area contributed by atoms with E-state index in [4.69, 9.17) is 21.4 Å². The van der Waals surface area contributed by atoms with E-state index in [1.807, 2.05) is 59.5 Å². The monoisotopic (exact) mass is 476 g/mol. The van der Waals surface area contributed by atoms with Crippen LogP contribution in [0.1, 0.15) is 28.8 Å². The highest BCUT2D eigenvalue weighted by Crippen LogP contribution is 2.51. The highest BCUT2D eigenvalue weighted by molar-refractivity contribution is 7.98. The number of fused-ring (bicyclic) bond motifs is 3. The molecule has 4 aromatic rings. The summed E-state index contributed by atoms with van der Waals surface area (Å²) < 4.78 is 22.2. The van der Waals surface area contributed by atoms with Crippen LogP contribution in [0.2, 0.25) is 5.02 Å². The van der Waals surface area contributed by atoms with Crippen LogP contribution in [0.15, 0.2) is 83.5 Å². The lowest BCUT2D eigenvalue weighted by Gasteiger charge is -2.39. The number of halogens is 2. The van der Waals surface area contributed by atoms with Crippen LogP contribution >= 0.6 is 23.4 Å². The third-order valence-electron chi connectivity index (χ3n) is 5.89. The van der Waals surface area contributed by atoms with Crippen LogP contribution in [-0.2, 0) is 0 Å². The van der Waals surface area contributed by atoms with Gasteiger partial charge in [-0.25, -0.2) is 9.07 Å². The molecule has 2 atom stereocenters. The van der Waals surface area contributed by atoms with Gasteiger partial charge in [0.2, 0.25) is 11.1 Å². The number of nitrogens with zero attached hydrogens (tertiary/aromatic N) is 3. The molecule has 5 nitrogen and oxygen atoms in total. The van der Waals surface area contributed by atoms with Crippen molar-refractivity contribution in [3.05, 3.63) is 106 Å². The average molecular weight is 477 g/mol. The average Bonchev–Trinajstić information content (AvgIpc) is 3.26. The van der Waals surface area contributed by atoms with Gasteiger partial charge in [-0.2, -0.15) is 4.98 Å². The van der Waals surface area contributed by atoms with Crippen molar-refractivity contribution in [3.8, 4) is 5.75 Å². The molecule has 33 heavy (non-hydrogen) atoms. The largest absolute Gasteiger partial charge is 0.480 e. The molecule has 0 spiro atoms. The molecule has 2 aliphatic rings. The molecule has 8 heteroatoms. The second kappa shape index (κ2) is 7.93. The Morgan fingerprint density at radius 1 is 1.03 bits per heavy atom. The van der Waals surface area contributed by atoms with Crippen LogP contribution in [0.4, 0.5) is 10.3 Å². The van der Waals surface area contributed by atoms with Crippen molar-refractivity contribution in [2.45, 2.75) is 17.3 Å². The Balaban J connectivity index is 1.64. The van der Waals surface area contributed by atoms with Gasteiger partial charge in [0.1, 0.15) is 23.7 Å². The first-order chi connectivity index (χ1) is 16.1. The fourth-order valence-electron chi connectivity index (χ4n) is 4.44. The van der Waals surface area contributed by atoms with E-state index in [0.717, 1.165) is 33.7 Å². The summed E-state index contributed by atoms with van der Waals surface area (Å²) in [5, 5.41) is 9.49. The number of ether oxygens (including phenoxy) is 1. The Morgan fingerprint density at radius 3 is 2.58 bits per heavy atom. The van der Waals surface area contributed by atoms with Gasteiger partial charge in [0, 0.05) is 16.2 Å². The molecule has 6 rings (SSSR count). The van der Waals surface area contributed by atoms with Gasteiger partial charge >= 0.3 is 0 Å². The third kappa shape index (κ3) is 3.39. The molecular weight excluding hydrogens is 459 g/mol. The smallest absolute Gasteiger partial charge is 0.227 e. The van der Waals surface area contributed by atoms with Crippen molar-refractivity contribution >= 4 is 35.0 Å². The maximum atomic E-state index is 13.8. The highest BCUT2D eigenvalue weighted by atomic mass is 35.5. The highest BCUT2D eigenvalue weighted by Gasteiger charge is 2.41. The molecule has 0 fully saturated rings. The zero-order valence-corrected chi connectivity index (χ0v) is 19.1. The SMILES string of the molecule is CSc1nc2n(n1)[C@@H](c1ccc(F)cc1)C1=C(N2)c2cc(Cl)ccc2O[C@H]1c1ccccc1. The summed E-state index contributed by atoms with van der Waals surface area (Å²) in [7, 11) is 0. The van der Waals surface area contributed by atoms with E-state index in [1.54, 1.807) is 12.1 Å². The summed E-state index contributed by atoms with van der Waals surface area (Å²) in [4.78, 5) is 4.67. The van der Waals surface area contributed by atoms with E-state index < -0.39 is 0 Å². The zero-order chi connectivity index (χ0) is 22.5. The minimum Gasteiger partial charge on any atom is -0.480 e. The minimum atomic E-state index is -0.382. The van der Waals surface area contributed by atoms with E-state index >= 15 is 0 Å². The molecule has 0 unspecified atom stereocenters. The van der Waals surface area contributed by atoms with Crippen LogP contribution in [0, 0.1) is 5.82 Å².